The van der Waals surface area contributed by atoms with Crippen molar-refractivity contribution in [2.75, 3.05) is 0 Å². The van der Waals surface area contributed by atoms with Gasteiger partial charge in [-0.15, -0.1) is 0 Å². The fourth-order valence-corrected chi connectivity index (χ4v) is 14.9. The van der Waals surface area contributed by atoms with Gasteiger partial charge in [0.05, 0.1) is 0 Å². The molecule has 1 aromatic heterocycles. The Kier molecular flexibility index (Phi) is 2.13. The van der Waals surface area contributed by atoms with Gasteiger partial charge >= 0.3 is 79.7 Å². The van der Waals surface area contributed by atoms with E-state index >= 15 is 0 Å². The molecule has 0 atom stereocenters. The Balaban J connectivity index is 2.64. The number of hydrogen-bond acceptors (Lipinski definition) is 3. The van der Waals surface area contributed by atoms with Crippen LogP contribution in [0.2, 0.25) is 4.22 Å². The van der Waals surface area contributed by atoms with Gasteiger partial charge in [0.1, 0.15) is 0 Å². The van der Waals surface area contributed by atoms with Gasteiger partial charge in [-0.25, -0.2) is 0 Å². The Morgan fingerprint density at radius 2 is 1.78 bits per heavy atom. The molecule has 0 aromatic carbocycles. The predicted octanol–water partition coefficient (Wildman–Crippen LogP) is 0.587. The summed E-state index contributed by atoms with van der Waals surface area (Å²) in [7, 11) is 0. The van der Waals surface area contributed by atoms with E-state index in [0.717, 1.165) is 33.1 Å². The molecule has 0 nitrogen and oxygen atoms in total. The zero-order valence-corrected chi connectivity index (χ0v) is 10.1. The van der Waals surface area contributed by atoms with Gasteiger partial charge in [0, 0.05) is 0 Å². The van der Waals surface area contributed by atoms with Crippen LogP contribution in [0.5, 0.6) is 0 Å². The molecule has 9 heavy (non-hydrogen) atoms. The van der Waals surface area contributed by atoms with E-state index in [0.29, 0.717) is 0 Å². The Morgan fingerprint density at radius 3 is 2.33 bits per heavy atom. The molecule has 2 rings (SSSR count). The molecule has 0 saturated carbocycles. The topological polar surface area (TPSA) is 0 Å². The summed E-state index contributed by atoms with van der Waals surface area (Å²) in [6.07, 6.45) is 0. The molecular formula is C4H2S3Se2. The maximum atomic E-state index is 5.08. The Labute approximate surface area is 79.0 Å². The average molecular weight is 304 g/mol. The van der Waals surface area contributed by atoms with Gasteiger partial charge in [0.2, 0.25) is 0 Å². The number of rotatable bonds is 0. The third-order valence-electron chi connectivity index (χ3n) is 0.899. The first kappa shape index (κ1) is 6.99. The summed E-state index contributed by atoms with van der Waals surface area (Å²) in [6.45, 7) is 0. The van der Waals surface area contributed by atoms with Crippen LogP contribution < -0.4 is 7.55 Å². The van der Waals surface area contributed by atoms with Crippen molar-refractivity contribution in [3.05, 3.63) is 3.14 Å². The Morgan fingerprint density at radius 1 is 1.22 bits per heavy atom. The van der Waals surface area contributed by atoms with Crippen LogP contribution in [0, 0.1) is 3.14 Å². The van der Waals surface area contributed by atoms with Crippen molar-refractivity contribution >= 4 is 72.4 Å². The first-order chi connectivity index (χ1) is 4.36. The predicted molar refractivity (Wildman–Crippen MR) is 48.6 cm³/mol. The van der Waals surface area contributed by atoms with Crippen molar-refractivity contribution < 1.29 is 0 Å². The van der Waals surface area contributed by atoms with E-state index in [1.54, 1.807) is 7.55 Å². The SMILES string of the molecule is S=c1sc2c(s1)[Se]C[Se]2. The summed E-state index contributed by atoms with van der Waals surface area (Å²) in [4.78, 5) is 0. The molecular weight excluding hydrogens is 302 g/mol. The fourth-order valence-electron chi connectivity index (χ4n) is 0.569. The van der Waals surface area contributed by atoms with Crippen molar-refractivity contribution in [1.29, 1.82) is 0 Å². The molecule has 0 fully saturated rings. The van der Waals surface area contributed by atoms with Crippen molar-refractivity contribution in [2.45, 2.75) is 4.22 Å². The molecule has 1 aromatic rings. The van der Waals surface area contributed by atoms with Gasteiger partial charge in [-0.05, 0) is 0 Å². The monoisotopic (exact) mass is 306 g/mol. The van der Waals surface area contributed by atoms with Gasteiger partial charge < -0.3 is 0 Å². The second-order valence-corrected chi connectivity index (χ2v) is 11.8. The van der Waals surface area contributed by atoms with Crippen molar-refractivity contribution in [1.82, 2.24) is 0 Å². The first-order valence-corrected chi connectivity index (χ1v) is 8.43. The average Bonchev–Trinajstić information content (AvgIpc) is 2.22. The summed E-state index contributed by atoms with van der Waals surface area (Å²) in [5, 5.41) is 0. The first-order valence-electron chi connectivity index (χ1n) is 2.26. The molecule has 1 aliphatic rings. The van der Waals surface area contributed by atoms with Crippen LogP contribution in [0.25, 0.3) is 0 Å². The van der Waals surface area contributed by atoms with Gasteiger partial charge in [-0.2, -0.15) is 0 Å². The van der Waals surface area contributed by atoms with Crippen molar-refractivity contribution in [3.63, 3.8) is 0 Å². The Hall–Kier alpha value is 1.31. The molecule has 5 heteroatoms. The van der Waals surface area contributed by atoms with E-state index in [-0.39, 0.29) is 0 Å². The Bertz CT molecular complexity index is 249. The minimum absolute atomic E-state index is 0.813. The second-order valence-electron chi connectivity index (χ2n) is 1.44. The summed E-state index contributed by atoms with van der Waals surface area (Å²) in [5.41, 5.74) is 0. The van der Waals surface area contributed by atoms with E-state index in [1.165, 1.54) is 4.22 Å². The van der Waals surface area contributed by atoms with E-state index in [4.69, 9.17) is 12.2 Å². The van der Waals surface area contributed by atoms with Crippen LogP contribution in [-0.2, 0) is 0 Å². The summed E-state index contributed by atoms with van der Waals surface area (Å²) in [5.74, 6) is 0. The van der Waals surface area contributed by atoms with Gasteiger partial charge in [0.25, 0.3) is 0 Å². The maximum absolute atomic E-state index is 5.08. The van der Waals surface area contributed by atoms with Crippen LogP contribution in [-0.4, -0.2) is 29.9 Å². The van der Waals surface area contributed by atoms with Crippen molar-refractivity contribution in [3.8, 4) is 0 Å². The molecule has 0 spiro atoms. The van der Waals surface area contributed by atoms with Crippen LogP contribution in [0.15, 0.2) is 0 Å². The molecule has 0 amide bonds. The molecule has 2 heterocycles. The molecule has 1 aliphatic heterocycles. The second kappa shape index (κ2) is 2.74. The molecule has 0 unspecified atom stereocenters. The zero-order valence-electron chi connectivity index (χ0n) is 4.25. The van der Waals surface area contributed by atoms with E-state index in [1.807, 2.05) is 22.7 Å². The van der Waals surface area contributed by atoms with Gasteiger partial charge in [-0.1, -0.05) is 0 Å². The quantitative estimate of drug-likeness (QED) is 0.499. The van der Waals surface area contributed by atoms with E-state index in [9.17, 15) is 0 Å². The van der Waals surface area contributed by atoms with Crippen LogP contribution in [0.1, 0.15) is 0 Å². The summed E-state index contributed by atoms with van der Waals surface area (Å²) >= 11 is 10.4. The summed E-state index contributed by atoms with van der Waals surface area (Å²) in [6, 6.07) is 0. The zero-order chi connectivity index (χ0) is 6.27. The molecule has 0 radical (unpaired) electrons. The van der Waals surface area contributed by atoms with E-state index < -0.39 is 0 Å². The van der Waals surface area contributed by atoms with Crippen LogP contribution in [0.4, 0.5) is 0 Å². The number of hydrogen-bond donors (Lipinski definition) is 0. The minimum atomic E-state index is 0.813. The molecule has 0 saturated heterocycles. The fraction of sp³-hybridized carbons (Fsp3) is 0.250. The van der Waals surface area contributed by atoms with Crippen LogP contribution in [0.3, 0.4) is 0 Å². The summed E-state index contributed by atoms with van der Waals surface area (Å²) < 4.78 is 5.92. The molecule has 48 valence electrons. The normalized spacial score (nSPS) is 16.0. The van der Waals surface area contributed by atoms with Gasteiger partial charge in [0.15, 0.2) is 0 Å². The molecule has 0 N–H and O–H groups in total. The third-order valence-corrected chi connectivity index (χ3v) is 11.7. The number of fused-ring (bicyclic) bond motifs is 1. The van der Waals surface area contributed by atoms with E-state index in [2.05, 4.69) is 0 Å². The molecule has 0 aliphatic carbocycles. The van der Waals surface area contributed by atoms with Crippen LogP contribution >= 0.6 is 34.9 Å². The third kappa shape index (κ3) is 1.33. The standard InChI is InChI=1S/C4H2S3Se2/c5-4-6-2-3(7-4)9-1-8-2/h1H2. The van der Waals surface area contributed by atoms with Gasteiger partial charge in [-0.3, -0.25) is 0 Å². The van der Waals surface area contributed by atoms with Crippen molar-refractivity contribution in [2.24, 2.45) is 0 Å². The molecule has 0 bridgehead atoms.